The summed E-state index contributed by atoms with van der Waals surface area (Å²) in [5.41, 5.74) is 3.64. The van der Waals surface area contributed by atoms with Crippen molar-refractivity contribution in [1.82, 2.24) is 4.57 Å². The van der Waals surface area contributed by atoms with Crippen LogP contribution in [0.4, 0.5) is 5.69 Å². The predicted molar refractivity (Wildman–Crippen MR) is 132 cm³/mol. The molecule has 4 rings (SSSR count). The quantitative estimate of drug-likeness (QED) is 0.672. The first kappa shape index (κ1) is 20.9. The van der Waals surface area contributed by atoms with Crippen molar-refractivity contribution < 1.29 is 4.58 Å². The molecule has 0 spiro atoms. The maximum atomic E-state index is 13.0. The van der Waals surface area contributed by atoms with Crippen LogP contribution < -0.4 is 19.7 Å². The van der Waals surface area contributed by atoms with Gasteiger partial charge in [-0.2, -0.15) is 0 Å². The molecule has 4 nitrogen and oxygen atoms in total. The number of para-hydroxylation sites is 1. The van der Waals surface area contributed by atoms with Gasteiger partial charge in [0.2, 0.25) is 5.04 Å². The second-order valence-electron chi connectivity index (χ2n) is 7.16. The first-order valence-electron chi connectivity index (χ1n) is 10.6. The number of rotatable bonds is 5. The van der Waals surface area contributed by atoms with Crippen molar-refractivity contribution in [3.63, 3.8) is 0 Å². The van der Waals surface area contributed by atoms with Gasteiger partial charge >= 0.3 is 0 Å². The van der Waals surface area contributed by atoms with Crippen molar-refractivity contribution in [3.05, 3.63) is 67.2 Å². The number of thioether (sulfide) groups is 1. The molecule has 1 aromatic heterocycles. The number of hydrogen-bond acceptors (Lipinski definition) is 4. The highest BCUT2D eigenvalue weighted by Gasteiger charge is 2.20. The molecule has 0 bridgehead atoms. The first-order chi connectivity index (χ1) is 14.7. The Morgan fingerprint density at radius 2 is 1.93 bits per heavy atom. The Labute approximate surface area is 185 Å². The van der Waals surface area contributed by atoms with Gasteiger partial charge in [-0.1, -0.05) is 36.0 Å². The highest BCUT2D eigenvalue weighted by atomic mass is 32.2. The van der Waals surface area contributed by atoms with E-state index in [2.05, 4.69) is 71.9 Å². The minimum Gasteiger partial charge on any atom is -0.341 e. The molecular weight excluding hydrogens is 410 g/mol. The van der Waals surface area contributed by atoms with Crippen LogP contribution in [0.5, 0.6) is 0 Å². The number of nitrogens with zero attached hydrogens (tertiary/aromatic N) is 3. The average Bonchev–Trinajstić information content (AvgIpc) is 3.35. The molecule has 0 fully saturated rings. The molecule has 1 aromatic carbocycles. The van der Waals surface area contributed by atoms with Gasteiger partial charge in [0, 0.05) is 24.5 Å². The predicted octanol–water partition coefficient (Wildman–Crippen LogP) is 3.11. The first-order valence-corrected chi connectivity index (χ1v) is 12.4. The van der Waals surface area contributed by atoms with Crippen LogP contribution in [-0.4, -0.2) is 39.6 Å². The second-order valence-corrected chi connectivity index (χ2v) is 9.34. The van der Waals surface area contributed by atoms with Gasteiger partial charge < -0.3 is 4.90 Å². The van der Waals surface area contributed by atoms with E-state index in [-0.39, 0.29) is 5.56 Å². The summed E-state index contributed by atoms with van der Waals surface area (Å²) in [6, 6.07) is 8.42. The number of aromatic nitrogens is 1. The summed E-state index contributed by atoms with van der Waals surface area (Å²) in [5, 5.41) is 1.27. The zero-order valence-electron chi connectivity index (χ0n) is 17.8. The number of anilines is 1. The molecule has 0 saturated heterocycles. The highest BCUT2D eigenvalue weighted by molar-refractivity contribution is 8.14. The van der Waals surface area contributed by atoms with E-state index >= 15 is 0 Å². The molecule has 2 aliphatic rings. The van der Waals surface area contributed by atoms with Gasteiger partial charge in [-0.05, 0) is 50.6 Å². The van der Waals surface area contributed by atoms with Gasteiger partial charge in [0.25, 0.3) is 5.56 Å². The van der Waals surface area contributed by atoms with Gasteiger partial charge in [0.15, 0.2) is 6.54 Å². The number of fused-ring (bicyclic) bond motifs is 1. The van der Waals surface area contributed by atoms with E-state index in [1.807, 2.05) is 29.3 Å². The molecular formula is C24H28N3OS2+. The smallest absolute Gasteiger partial charge is 0.269 e. The van der Waals surface area contributed by atoms with Gasteiger partial charge in [-0.25, -0.2) is 4.58 Å². The van der Waals surface area contributed by atoms with Crippen LogP contribution >= 0.6 is 23.1 Å². The molecule has 0 radical (unpaired) electrons. The SMILES string of the molecule is CCN1/C(=C/C=c2/sc(=CC3=[N+](CC)CCS3)n(CC)c2=O)C=Cc2ccccc21. The van der Waals surface area contributed by atoms with E-state index in [4.69, 9.17) is 0 Å². The zero-order chi connectivity index (χ0) is 21.1. The van der Waals surface area contributed by atoms with Crippen molar-refractivity contribution in [2.45, 2.75) is 27.3 Å². The Bertz CT molecular complexity index is 1210. The van der Waals surface area contributed by atoms with Crippen LogP contribution in [0.25, 0.3) is 18.2 Å². The van der Waals surface area contributed by atoms with Crippen LogP contribution in [-0.2, 0) is 6.54 Å². The summed E-state index contributed by atoms with van der Waals surface area (Å²) < 4.78 is 6.08. The molecule has 156 valence electrons. The number of allylic oxidation sites excluding steroid dienone is 2. The van der Waals surface area contributed by atoms with E-state index in [0.29, 0.717) is 6.54 Å². The summed E-state index contributed by atoms with van der Waals surface area (Å²) in [7, 11) is 0. The van der Waals surface area contributed by atoms with Gasteiger partial charge in [0.05, 0.1) is 16.4 Å². The highest BCUT2D eigenvalue weighted by Crippen LogP contribution is 2.30. The van der Waals surface area contributed by atoms with Crippen LogP contribution in [0.15, 0.2) is 46.9 Å². The van der Waals surface area contributed by atoms with Crippen LogP contribution in [0, 0.1) is 0 Å². The van der Waals surface area contributed by atoms with Crippen molar-refractivity contribution >= 4 is 52.1 Å². The van der Waals surface area contributed by atoms with Crippen LogP contribution in [0.2, 0.25) is 0 Å². The fraction of sp³-hybridized carbons (Fsp3) is 0.333. The fourth-order valence-electron chi connectivity index (χ4n) is 3.91. The van der Waals surface area contributed by atoms with Gasteiger partial charge in [-0.15, -0.1) is 11.3 Å². The minimum atomic E-state index is 0.0977. The molecule has 6 heteroatoms. The van der Waals surface area contributed by atoms with Crippen LogP contribution in [0.1, 0.15) is 26.3 Å². The molecule has 0 atom stereocenters. The normalized spacial score (nSPS) is 18.8. The molecule has 2 aromatic rings. The van der Waals surface area contributed by atoms with Crippen molar-refractivity contribution in [1.29, 1.82) is 0 Å². The molecule has 0 unspecified atom stereocenters. The number of hydrogen-bond donors (Lipinski definition) is 0. The number of thiazole rings is 1. The average molecular weight is 439 g/mol. The third-order valence-electron chi connectivity index (χ3n) is 5.50. The van der Waals surface area contributed by atoms with Gasteiger partial charge in [-0.3, -0.25) is 9.36 Å². The van der Waals surface area contributed by atoms with E-state index < -0.39 is 0 Å². The largest absolute Gasteiger partial charge is 0.341 e. The second kappa shape index (κ2) is 9.23. The van der Waals surface area contributed by atoms with Crippen LogP contribution in [0.3, 0.4) is 0 Å². The fourth-order valence-corrected chi connectivity index (χ4v) is 6.15. The summed E-state index contributed by atoms with van der Waals surface area (Å²) in [5.74, 6) is 1.12. The standard InChI is InChI=1S/C24H28N3OS2/c1-4-25-15-16-29-22(25)17-23-27(6-3)24(28)21(30-23)14-13-19-12-11-18-9-7-8-10-20(18)26(19)5-2/h7-14,17H,4-6,15-16H2,1-3H3/q+1/b19-13+,21-14+. The monoisotopic (exact) mass is 438 g/mol. The molecule has 0 saturated carbocycles. The Morgan fingerprint density at radius 3 is 2.70 bits per heavy atom. The topological polar surface area (TPSA) is 28.2 Å². The lowest BCUT2D eigenvalue weighted by Gasteiger charge is -2.29. The van der Waals surface area contributed by atoms with Crippen molar-refractivity contribution in [2.75, 3.05) is 30.3 Å². The van der Waals surface area contributed by atoms with Crippen molar-refractivity contribution in [2.24, 2.45) is 0 Å². The van der Waals surface area contributed by atoms with E-state index in [1.165, 1.54) is 16.3 Å². The van der Waals surface area contributed by atoms with E-state index in [0.717, 1.165) is 40.3 Å². The Hall–Kier alpha value is -2.31. The number of benzene rings is 1. The molecule has 30 heavy (non-hydrogen) atoms. The molecule has 0 N–H and O–H groups in total. The Kier molecular flexibility index (Phi) is 6.44. The third kappa shape index (κ3) is 3.98. The number of likely N-dealkylation sites (N-methyl/N-ethyl adjacent to an activating group) is 1. The minimum absolute atomic E-state index is 0.0977. The maximum absolute atomic E-state index is 13.0. The molecule has 0 aliphatic carbocycles. The van der Waals surface area contributed by atoms with E-state index in [1.54, 1.807) is 11.3 Å². The van der Waals surface area contributed by atoms with E-state index in [9.17, 15) is 4.79 Å². The molecule has 0 amide bonds. The summed E-state index contributed by atoms with van der Waals surface area (Å²) in [6.07, 6.45) is 10.5. The molecule has 3 heterocycles. The summed E-state index contributed by atoms with van der Waals surface area (Å²) >= 11 is 3.46. The zero-order valence-corrected chi connectivity index (χ0v) is 19.4. The lowest BCUT2D eigenvalue weighted by atomic mass is 10.1. The Balaban J connectivity index is 1.77. The Morgan fingerprint density at radius 1 is 1.10 bits per heavy atom. The summed E-state index contributed by atoms with van der Waals surface area (Å²) in [6.45, 7) is 10.0. The summed E-state index contributed by atoms with van der Waals surface area (Å²) in [4.78, 5) is 15.3. The maximum Gasteiger partial charge on any atom is 0.269 e. The van der Waals surface area contributed by atoms with Crippen molar-refractivity contribution in [3.8, 4) is 0 Å². The third-order valence-corrected chi connectivity index (χ3v) is 7.64. The lowest BCUT2D eigenvalue weighted by molar-refractivity contribution is -0.512. The molecule has 2 aliphatic heterocycles. The van der Waals surface area contributed by atoms with Gasteiger partial charge in [0.1, 0.15) is 11.2 Å². The lowest BCUT2D eigenvalue weighted by Crippen LogP contribution is -2.31.